The van der Waals surface area contributed by atoms with E-state index in [4.69, 9.17) is 16.6 Å². The lowest BCUT2D eigenvalue weighted by Gasteiger charge is -2.31. The van der Waals surface area contributed by atoms with Gasteiger partial charge in [-0.3, -0.25) is 9.78 Å². The van der Waals surface area contributed by atoms with Crippen LogP contribution in [-0.4, -0.2) is 43.5 Å². The van der Waals surface area contributed by atoms with E-state index in [0.29, 0.717) is 24.7 Å². The number of anilines is 1. The molecule has 0 spiro atoms. The van der Waals surface area contributed by atoms with E-state index in [0.717, 1.165) is 45.6 Å². The van der Waals surface area contributed by atoms with E-state index < -0.39 is 0 Å². The van der Waals surface area contributed by atoms with Crippen LogP contribution in [0.1, 0.15) is 35.6 Å². The van der Waals surface area contributed by atoms with Crippen molar-refractivity contribution in [2.24, 2.45) is 0 Å². The molecule has 1 aromatic carbocycles. The predicted octanol–water partition coefficient (Wildman–Crippen LogP) is 5.57. The normalized spacial score (nSPS) is 14.6. The standard InChI is InChI=1S/C26H24BrClN6O/c27-22-17-31-34-24(30-16-19-4-2-10-29-15-19)14-23(32-26(22)34)20-8-11-33(12-9-20)25(35)7-6-18-3-1-5-21(28)13-18/h1-7,10,13-15,17,20,30H,8-9,11-12,16H2. The highest BCUT2D eigenvalue weighted by molar-refractivity contribution is 9.10. The van der Waals surface area contributed by atoms with Crippen LogP contribution in [-0.2, 0) is 11.3 Å². The topological polar surface area (TPSA) is 75.4 Å². The van der Waals surface area contributed by atoms with Crippen molar-refractivity contribution in [2.45, 2.75) is 25.3 Å². The Morgan fingerprint density at radius 2 is 2.03 bits per heavy atom. The minimum Gasteiger partial charge on any atom is -0.366 e. The van der Waals surface area contributed by atoms with Gasteiger partial charge in [0.05, 0.1) is 10.7 Å². The zero-order valence-electron chi connectivity index (χ0n) is 18.9. The summed E-state index contributed by atoms with van der Waals surface area (Å²) in [6.07, 6.45) is 10.5. The van der Waals surface area contributed by atoms with Gasteiger partial charge in [0.1, 0.15) is 5.82 Å². The second-order valence-electron chi connectivity index (χ2n) is 8.50. The molecule has 35 heavy (non-hydrogen) atoms. The Hall–Kier alpha value is -3.23. The lowest BCUT2D eigenvalue weighted by molar-refractivity contribution is -0.126. The summed E-state index contributed by atoms with van der Waals surface area (Å²) in [6, 6.07) is 13.5. The Balaban J connectivity index is 1.28. The minimum atomic E-state index is 0.0178. The number of carbonyl (C=O) groups is 1. The second kappa shape index (κ2) is 10.6. The van der Waals surface area contributed by atoms with Gasteiger partial charge in [-0.05, 0) is 64.2 Å². The Morgan fingerprint density at radius 3 is 2.80 bits per heavy atom. The van der Waals surface area contributed by atoms with Crippen LogP contribution in [0.3, 0.4) is 0 Å². The van der Waals surface area contributed by atoms with Crippen molar-refractivity contribution in [3.63, 3.8) is 0 Å². The number of rotatable bonds is 6. The zero-order valence-corrected chi connectivity index (χ0v) is 21.3. The Morgan fingerprint density at radius 1 is 1.17 bits per heavy atom. The van der Waals surface area contributed by atoms with Crippen LogP contribution in [0.15, 0.2) is 71.6 Å². The smallest absolute Gasteiger partial charge is 0.246 e. The highest BCUT2D eigenvalue weighted by atomic mass is 79.9. The summed E-state index contributed by atoms with van der Waals surface area (Å²) >= 11 is 9.61. The monoisotopic (exact) mass is 550 g/mol. The number of halogens is 2. The molecule has 1 N–H and O–H groups in total. The largest absolute Gasteiger partial charge is 0.366 e. The zero-order chi connectivity index (χ0) is 24.2. The van der Waals surface area contributed by atoms with Gasteiger partial charge in [-0.2, -0.15) is 9.61 Å². The first-order valence-corrected chi connectivity index (χ1v) is 12.6. The first-order valence-electron chi connectivity index (χ1n) is 11.5. The van der Waals surface area contributed by atoms with Crippen molar-refractivity contribution in [1.82, 2.24) is 24.5 Å². The first kappa shape index (κ1) is 23.5. The quantitative estimate of drug-likeness (QED) is 0.317. The highest BCUT2D eigenvalue weighted by Gasteiger charge is 2.25. The van der Waals surface area contributed by atoms with Crippen LogP contribution in [0, 0.1) is 0 Å². The fourth-order valence-corrected chi connectivity index (χ4v) is 4.81. The van der Waals surface area contributed by atoms with E-state index in [-0.39, 0.29) is 11.8 Å². The number of benzene rings is 1. The Labute approximate surface area is 217 Å². The molecule has 3 aromatic heterocycles. The lowest BCUT2D eigenvalue weighted by atomic mass is 9.93. The van der Waals surface area contributed by atoms with Gasteiger partial charge >= 0.3 is 0 Å². The molecule has 0 aliphatic carbocycles. The average molecular weight is 552 g/mol. The van der Waals surface area contributed by atoms with Crippen molar-refractivity contribution in [3.05, 3.63) is 93.4 Å². The minimum absolute atomic E-state index is 0.0178. The van der Waals surface area contributed by atoms with Gasteiger partial charge < -0.3 is 10.2 Å². The summed E-state index contributed by atoms with van der Waals surface area (Å²) in [5, 5.41) is 8.60. The molecule has 0 unspecified atom stereocenters. The number of hydrogen-bond acceptors (Lipinski definition) is 5. The predicted molar refractivity (Wildman–Crippen MR) is 141 cm³/mol. The molecule has 1 amide bonds. The third-order valence-electron chi connectivity index (χ3n) is 6.14. The van der Waals surface area contributed by atoms with Crippen molar-refractivity contribution >= 4 is 51.0 Å². The maximum atomic E-state index is 12.7. The van der Waals surface area contributed by atoms with E-state index in [9.17, 15) is 4.79 Å². The van der Waals surface area contributed by atoms with E-state index in [2.05, 4.69) is 37.4 Å². The van der Waals surface area contributed by atoms with Crippen LogP contribution in [0.5, 0.6) is 0 Å². The van der Waals surface area contributed by atoms with Crippen LogP contribution in [0.25, 0.3) is 11.7 Å². The van der Waals surface area contributed by atoms with E-state index in [1.54, 1.807) is 18.5 Å². The van der Waals surface area contributed by atoms with Gasteiger partial charge in [0, 0.05) is 60.8 Å². The number of nitrogens with zero attached hydrogens (tertiary/aromatic N) is 5. The molecule has 1 aliphatic heterocycles. The first-order chi connectivity index (χ1) is 17.1. The number of carbonyl (C=O) groups excluding carboxylic acids is 1. The number of piperidine rings is 1. The molecule has 9 heteroatoms. The SMILES string of the molecule is O=C(C=Cc1cccc(Cl)c1)N1CCC(c2cc(NCc3cccnc3)n3ncc(Br)c3n2)CC1. The Kier molecular flexibility index (Phi) is 7.11. The molecule has 0 saturated carbocycles. The fraction of sp³-hybridized carbons (Fsp3) is 0.231. The summed E-state index contributed by atoms with van der Waals surface area (Å²) in [6.45, 7) is 2.01. The average Bonchev–Trinajstić information content (AvgIpc) is 3.27. The van der Waals surface area contributed by atoms with Gasteiger partial charge in [0.25, 0.3) is 0 Å². The molecule has 7 nitrogen and oxygen atoms in total. The molecule has 0 radical (unpaired) electrons. The third kappa shape index (κ3) is 5.55. The summed E-state index contributed by atoms with van der Waals surface area (Å²) in [7, 11) is 0. The number of fused-ring (bicyclic) bond motifs is 1. The van der Waals surface area contributed by atoms with E-state index in [1.165, 1.54) is 0 Å². The molecular weight excluding hydrogens is 528 g/mol. The number of pyridine rings is 1. The maximum Gasteiger partial charge on any atom is 0.246 e. The number of likely N-dealkylation sites (tertiary alicyclic amines) is 1. The van der Waals surface area contributed by atoms with Crippen molar-refractivity contribution in [2.75, 3.05) is 18.4 Å². The summed E-state index contributed by atoms with van der Waals surface area (Å²) < 4.78 is 2.66. The molecule has 1 fully saturated rings. The molecule has 178 valence electrons. The molecule has 5 rings (SSSR count). The molecule has 1 saturated heterocycles. The van der Waals surface area contributed by atoms with Gasteiger partial charge in [-0.15, -0.1) is 0 Å². The fourth-order valence-electron chi connectivity index (χ4n) is 4.26. The lowest BCUT2D eigenvalue weighted by Crippen LogP contribution is -2.37. The van der Waals surface area contributed by atoms with Gasteiger partial charge in [0.15, 0.2) is 5.65 Å². The number of aromatic nitrogens is 4. The summed E-state index contributed by atoms with van der Waals surface area (Å²) in [5.41, 5.74) is 3.78. The molecule has 4 aromatic rings. The van der Waals surface area contributed by atoms with Crippen LogP contribution in [0.2, 0.25) is 5.02 Å². The van der Waals surface area contributed by atoms with E-state index in [1.807, 2.05) is 58.1 Å². The summed E-state index contributed by atoms with van der Waals surface area (Å²) in [4.78, 5) is 23.7. The van der Waals surface area contributed by atoms with Crippen LogP contribution in [0.4, 0.5) is 5.82 Å². The van der Waals surface area contributed by atoms with E-state index >= 15 is 0 Å². The molecule has 0 atom stereocenters. The summed E-state index contributed by atoms with van der Waals surface area (Å²) in [5.74, 6) is 1.16. The van der Waals surface area contributed by atoms with Crippen molar-refractivity contribution in [3.8, 4) is 0 Å². The van der Waals surface area contributed by atoms with Crippen LogP contribution >= 0.6 is 27.5 Å². The van der Waals surface area contributed by atoms with Gasteiger partial charge in [0.2, 0.25) is 5.91 Å². The maximum absolute atomic E-state index is 12.7. The van der Waals surface area contributed by atoms with Crippen LogP contribution < -0.4 is 5.32 Å². The van der Waals surface area contributed by atoms with Gasteiger partial charge in [-0.25, -0.2) is 4.98 Å². The van der Waals surface area contributed by atoms with Gasteiger partial charge in [-0.1, -0.05) is 29.8 Å². The highest BCUT2D eigenvalue weighted by Crippen LogP contribution is 2.31. The van der Waals surface area contributed by atoms with Crippen molar-refractivity contribution < 1.29 is 4.79 Å². The third-order valence-corrected chi connectivity index (χ3v) is 6.93. The number of hydrogen-bond donors (Lipinski definition) is 1. The molecular formula is C26H24BrClN6O. The van der Waals surface area contributed by atoms with Crippen molar-refractivity contribution in [1.29, 1.82) is 0 Å². The number of nitrogens with one attached hydrogen (secondary N) is 1. The Bertz CT molecular complexity index is 1370. The second-order valence-corrected chi connectivity index (χ2v) is 9.79. The number of amides is 1. The molecule has 0 bridgehead atoms. The molecule has 4 heterocycles. The molecule has 1 aliphatic rings.